The fourth-order valence-electron chi connectivity index (χ4n) is 2.37. The number of alkyl halides is 3. The van der Waals surface area contributed by atoms with Crippen LogP contribution < -0.4 is 4.74 Å². The molecule has 0 radical (unpaired) electrons. The van der Waals surface area contributed by atoms with E-state index >= 15 is 0 Å². The van der Waals surface area contributed by atoms with Gasteiger partial charge in [-0.3, -0.25) is 0 Å². The number of halogens is 4. The van der Waals surface area contributed by atoms with Crippen molar-refractivity contribution in [2.24, 2.45) is 0 Å². The molecule has 0 aliphatic rings. The van der Waals surface area contributed by atoms with Crippen LogP contribution in [0.3, 0.4) is 0 Å². The number of rotatable bonds is 6. The van der Waals surface area contributed by atoms with E-state index in [-0.39, 0.29) is 17.4 Å². The van der Waals surface area contributed by atoms with Crippen molar-refractivity contribution in [3.63, 3.8) is 0 Å². The molecule has 0 aliphatic heterocycles. The van der Waals surface area contributed by atoms with Gasteiger partial charge in [0.05, 0.1) is 5.56 Å². The highest BCUT2D eigenvalue weighted by atomic mass is 32.2. The third-order valence-electron chi connectivity index (χ3n) is 3.77. The summed E-state index contributed by atoms with van der Waals surface area (Å²) >= 11 is 1.19. The summed E-state index contributed by atoms with van der Waals surface area (Å²) in [6.45, 7) is 1.90. The van der Waals surface area contributed by atoms with Gasteiger partial charge in [0.2, 0.25) is 5.88 Å². The number of benzene rings is 2. The van der Waals surface area contributed by atoms with Crippen LogP contribution in [0.4, 0.5) is 17.6 Å². The minimum Gasteiger partial charge on any atom is -0.436 e. The Hall–Kier alpha value is -2.61. The molecule has 2 aromatic carbocycles. The minimum absolute atomic E-state index is 0.0390. The topological polar surface area (TPSA) is 35.0 Å². The lowest BCUT2D eigenvalue weighted by Gasteiger charge is -2.10. The molecule has 0 N–H and O–H groups in total. The second kappa shape index (κ2) is 8.60. The van der Waals surface area contributed by atoms with Gasteiger partial charge in [-0.15, -0.1) is 0 Å². The summed E-state index contributed by atoms with van der Waals surface area (Å²) in [6, 6.07) is 12.7. The summed E-state index contributed by atoms with van der Waals surface area (Å²) in [4.78, 5) is 8.60. The molecule has 0 bridgehead atoms. The Bertz CT molecular complexity index is 963. The van der Waals surface area contributed by atoms with E-state index in [1.54, 1.807) is 24.3 Å². The van der Waals surface area contributed by atoms with Gasteiger partial charge in [0.25, 0.3) is 0 Å². The van der Waals surface area contributed by atoms with Crippen molar-refractivity contribution >= 4 is 11.8 Å². The lowest BCUT2D eigenvalue weighted by molar-refractivity contribution is -0.137. The molecule has 1 aromatic heterocycles. The molecular weight excluding hydrogens is 392 g/mol. The molecule has 0 atom stereocenters. The van der Waals surface area contributed by atoms with E-state index in [1.807, 2.05) is 6.92 Å². The number of para-hydroxylation sites is 1. The van der Waals surface area contributed by atoms with E-state index < -0.39 is 17.6 Å². The van der Waals surface area contributed by atoms with Crippen molar-refractivity contribution in [1.29, 1.82) is 0 Å². The summed E-state index contributed by atoms with van der Waals surface area (Å²) in [6.07, 6.45) is -3.78. The Labute approximate surface area is 163 Å². The highest BCUT2D eigenvalue weighted by Gasteiger charge is 2.30. The number of aryl methyl sites for hydroxylation is 1. The molecule has 0 saturated carbocycles. The lowest BCUT2D eigenvalue weighted by Crippen LogP contribution is -2.05. The van der Waals surface area contributed by atoms with Gasteiger partial charge in [0.15, 0.2) is 16.7 Å². The highest BCUT2D eigenvalue weighted by Crippen LogP contribution is 2.31. The van der Waals surface area contributed by atoms with Crippen LogP contribution in [0.15, 0.2) is 59.8 Å². The third kappa shape index (κ3) is 5.22. The number of hydrogen-bond acceptors (Lipinski definition) is 4. The maximum atomic E-state index is 13.8. The smallest absolute Gasteiger partial charge is 0.416 e. The Balaban J connectivity index is 1.78. The second-order valence-electron chi connectivity index (χ2n) is 5.85. The average molecular weight is 408 g/mol. The zero-order valence-electron chi connectivity index (χ0n) is 14.8. The van der Waals surface area contributed by atoms with Crippen LogP contribution in [0.5, 0.6) is 11.6 Å². The number of nitrogens with zero attached hydrogens (tertiary/aromatic N) is 2. The van der Waals surface area contributed by atoms with E-state index in [9.17, 15) is 17.6 Å². The molecule has 0 unspecified atom stereocenters. The van der Waals surface area contributed by atoms with Gasteiger partial charge in [-0.05, 0) is 30.2 Å². The zero-order valence-corrected chi connectivity index (χ0v) is 15.6. The average Bonchev–Trinajstić information content (AvgIpc) is 2.67. The summed E-state index contributed by atoms with van der Waals surface area (Å²) in [5.74, 6) is -0.0335. The molecule has 1 heterocycles. The first-order chi connectivity index (χ1) is 13.3. The van der Waals surface area contributed by atoms with Crippen molar-refractivity contribution in [2.45, 2.75) is 30.4 Å². The van der Waals surface area contributed by atoms with Crippen LogP contribution in [-0.2, 0) is 18.3 Å². The van der Waals surface area contributed by atoms with Gasteiger partial charge in [0, 0.05) is 17.5 Å². The summed E-state index contributed by atoms with van der Waals surface area (Å²) in [5, 5.41) is 0.350. The molecule has 8 heteroatoms. The summed E-state index contributed by atoms with van der Waals surface area (Å²) in [7, 11) is 0. The number of hydrogen-bond donors (Lipinski definition) is 0. The fraction of sp³-hybridized carbons (Fsp3) is 0.200. The Kier molecular flexibility index (Phi) is 6.18. The molecular formula is C20H16F4N2OS. The van der Waals surface area contributed by atoms with Crippen LogP contribution >= 0.6 is 11.8 Å². The van der Waals surface area contributed by atoms with Crippen molar-refractivity contribution in [2.75, 3.05) is 0 Å². The van der Waals surface area contributed by atoms with Crippen molar-refractivity contribution in [3.05, 3.63) is 77.2 Å². The van der Waals surface area contributed by atoms with E-state index in [0.717, 1.165) is 12.1 Å². The van der Waals surface area contributed by atoms with Crippen LogP contribution in [0.2, 0.25) is 0 Å². The Morgan fingerprint density at radius 1 is 1.00 bits per heavy atom. The largest absolute Gasteiger partial charge is 0.436 e. The van der Waals surface area contributed by atoms with Gasteiger partial charge in [-0.25, -0.2) is 9.37 Å². The van der Waals surface area contributed by atoms with Crippen LogP contribution in [-0.4, -0.2) is 9.97 Å². The maximum absolute atomic E-state index is 13.8. The van der Waals surface area contributed by atoms with Crippen molar-refractivity contribution in [1.82, 2.24) is 9.97 Å². The van der Waals surface area contributed by atoms with Crippen molar-refractivity contribution in [3.8, 4) is 11.6 Å². The molecule has 3 nitrogen and oxygen atoms in total. The quantitative estimate of drug-likeness (QED) is 0.273. The SMILES string of the molecule is CCc1cc(Oc2ccccc2F)nc(SCc2cccc(C(F)(F)F)c2)n1. The monoisotopic (exact) mass is 408 g/mol. The Morgan fingerprint density at radius 2 is 1.79 bits per heavy atom. The first kappa shape index (κ1) is 20.1. The van der Waals surface area contributed by atoms with E-state index in [0.29, 0.717) is 22.8 Å². The van der Waals surface area contributed by atoms with Gasteiger partial charge in [-0.1, -0.05) is 49.0 Å². The van der Waals surface area contributed by atoms with Gasteiger partial charge in [-0.2, -0.15) is 18.2 Å². The van der Waals surface area contributed by atoms with Gasteiger partial charge < -0.3 is 4.74 Å². The molecule has 3 aromatic rings. The number of ether oxygens (including phenoxy) is 1. The molecule has 0 spiro atoms. The van der Waals surface area contributed by atoms with Crippen LogP contribution in [0.25, 0.3) is 0 Å². The molecule has 0 aliphatic carbocycles. The summed E-state index contributed by atoms with van der Waals surface area (Å²) in [5.41, 5.74) is 0.493. The molecule has 0 fully saturated rings. The van der Waals surface area contributed by atoms with E-state index in [2.05, 4.69) is 9.97 Å². The molecule has 146 valence electrons. The molecule has 0 saturated heterocycles. The molecule has 28 heavy (non-hydrogen) atoms. The lowest BCUT2D eigenvalue weighted by atomic mass is 10.1. The first-order valence-corrected chi connectivity index (χ1v) is 9.43. The normalized spacial score (nSPS) is 11.5. The number of thioether (sulfide) groups is 1. The van der Waals surface area contributed by atoms with Gasteiger partial charge in [0.1, 0.15) is 0 Å². The molecule has 3 rings (SSSR count). The molecule has 0 amide bonds. The highest BCUT2D eigenvalue weighted by molar-refractivity contribution is 7.98. The van der Waals surface area contributed by atoms with Crippen LogP contribution in [0, 0.1) is 5.82 Å². The zero-order chi connectivity index (χ0) is 20.1. The van der Waals surface area contributed by atoms with Crippen LogP contribution in [0.1, 0.15) is 23.7 Å². The van der Waals surface area contributed by atoms with E-state index in [4.69, 9.17) is 4.74 Å². The third-order valence-corrected chi connectivity index (χ3v) is 4.69. The number of aromatic nitrogens is 2. The summed E-state index contributed by atoms with van der Waals surface area (Å²) < 4.78 is 57.8. The maximum Gasteiger partial charge on any atom is 0.416 e. The first-order valence-electron chi connectivity index (χ1n) is 8.44. The second-order valence-corrected chi connectivity index (χ2v) is 6.80. The predicted octanol–water partition coefficient (Wildman–Crippen LogP) is 6.28. The fourth-order valence-corrected chi connectivity index (χ4v) is 3.18. The minimum atomic E-state index is -4.39. The van der Waals surface area contributed by atoms with Crippen molar-refractivity contribution < 1.29 is 22.3 Å². The standard InChI is InChI=1S/C20H16F4N2OS/c1-2-15-11-18(27-17-9-4-3-8-16(17)21)26-19(25-15)28-12-13-6-5-7-14(10-13)20(22,23)24/h3-11H,2,12H2,1H3. The predicted molar refractivity (Wildman–Crippen MR) is 98.9 cm³/mol. The van der Waals surface area contributed by atoms with E-state index in [1.165, 1.54) is 30.0 Å². The Morgan fingerprint density at radius 3 is 2.50 bits per heavy atom. The van der Waals surface area contributed by atoms with Gasteiger partial charge >= 0.3 is 6.18 Å².